The van der Waals surface area contributed by atoms with Crippen LogP contribution in [0.2, 0.25) is 0 Å². The van der Waals surface area contributed by atoms with E-state index in [0.29, 0.717) is 12.1 Å². The molecule has 0 aliphatic carbocycles. The number of hydrogen-bond donors (Lipinski definition) is 3. The second-order valence-electron chi connectivity index (χ2n) is 3.71. The molecule has 0 aromatic heterocycles. The third-order valence-corrected chi connectivity index (χ3v) is 3.47. The van der Waals surface area contributed by atoms with Crippen molar-refractivity contribution >= 4 is 7.60 Å². The fourth-order valence-corrected chi connectivity index (χ4v) is 2.41. The Hall–Kier alpha value is -0.670. The molecule has 0 saturated carbocycles. The molecule has 0 radical (unpaired) electrons. The molecule has 16 heavy (non-hydrogen) atoms. The van der Waals surface area contributed by atoms with E-state index in [1.807, 2.05) is 13.0 Å². The molecule has 90 valence electrons. The van der Waals surface area contributed by atoms with Gasteiger partial charge in [0.25, 0.3) is 0 Å². The number of unbranched alkanes of at least 4 members (excludes halogenated alkanes) is 1. The van der Waals surface area contributed by atoms with Crippen LogP contribution >= 0.6 is 7.60 Å². The van der Waals surface area contributed by atoms with Gasteiger partial charge in [0.2, 0.25) is 0 Å². The average molecular weight is 243 g/mol. The highest BCUT2D eigenvalue weighted by Crippen LogP contribution is 2.49. The lowest BCUT2D eigenvalue weighted by Crippen LogP contribution is -2.22. The van der Waals surface area contributed by atoms with Gasteiger partial charge in [-0.1, -0.05) is 43.7 Å². The Kier molecular flexibility index (Phi) is 5.16. The van der Waals surface area contributed by atoms with Gasteiger partial charge in [0, 0.05) is 0 Å². The summed E-state index contributed by atoms with van der Waals surface area (Å²) in [5, 5.41) is 2.91. The molecule has 1 aromatic carbocycles. The van der Waals surface area contributed by atoms with Crippen molar-refractivity contribution in [2.24, 2.45) is 0 Å². The maximum atomic E-state index is 11.4. The monoisotopic (exact) mass is 243 g/mol. The molecule has 5 heteroatoms. The molecule has 0 amide bonds. The van der Waals surface area contributed by atoms with Crippen molar-refractivity contribution in [3.63, 3.8) is 0 Å². The van der Waals surface area contributed by atoms with E-state index >= 15 is 0 Å². The molecule has 0 bridgehead atoms. The van der Waals surface area contributed by atoms with E-state index in [1.165, 1.54) is 0 Å². The van der Waals surface area contributed by atoms with Gasteiger partial charge in [-0.05, 0) is 18.5 Å². The van der Waals surface area contributed by atoms with Crippen molar-refractivity contribution in [3.05, 3.63) is 35.9 Å². The van der Waals surface area contributed by atoms with Crippen LogP contribution in [0.3, 0.4) is 0 Å². The molecule has 0 saturated heterocycles. The molecule has 0 spiro atoms. The lowest BCUT2D eigenvalue weighted by Gasteiger charge is -2.20. The zero-order valence-corrected chi connectivity index (χ0v) is 10.2. The molecule has 1 aromatic rings. The topological polar surface area (TPSA) is 69.6 Å². The molecule has 3 N–H and O–H groups in total. The molecule has 0 aliphatic heterocycles. The first-order valence-electron chi connectivity index (χ1n) is 5.39. The van der Waals surface area contributed by atoms with Crippen LogP contribution in [0.25, 0.3) is 0 Å². The summed E-state index contributed by atoms with van der Waals surface area (Å²) in [6.07, 6.45) is 1.90. The minimum absolute atomic E-state index is 0.612. The van der Waals surface area contributed by atoms with Gasteiger partial charge in [0.15, 0.2) is 0 Å². The average Bonchev–Trinajstić information content (AvgIpc) is 2.24. The minimum atomic E-state index is -4.15. The molecule has 1 rings (SSSR count). The predicted molar refractivity (Wildman–Crippen MR) is 64.1 cm³/mol. The SMILES string of the molecule is CCCCNC(c1ccccc1)P(=O)(O)O. The van der Waals surface area contributed by atoms with Crippen LogP contribution in [-0.4, -0.2) is 16.3 Å². The lowest BCUT2D eigenvalue weighted by molar-refractivity contribution is 0.347. The Labute approximate surface area is 95.9 Å². The predicted octanol–water partition coefficient (Wildman–Crippen LogP) is 2.25. The van der Waals surface area contributed by atoms with E-state index < -0.39 is 13.4 Å². The molecule has 0 fully saturated rings. The molecule has 0 heterocycles. The molecule has 1 atom stereocenters. The quantitative estimate of drug-likeness (QED) is 0.529. The first-order valence-corrected chi connectivity index (χ1v) is 7.07. The Balaban J connectivity index is 2.77. The second kappa shape index (κ2) is 6.16. The fourth-order valence-electron chi connectivity index (χ4n) is 1.48. The van der Waals surface area contributed by atoms with Crippen LogP contribution in [0.5, 0.6) is 0 Å². The Morgan fingerprint density at radius 1 is 1.31 bits per heavy atom. The summed E-state index contributed by atoms with van der Waals surface area (Å²) in [4.78, 5) is 18.6. The third kappa shape index (κ3) is 4.06. The molecule has 1 unspecified atom stereocenters. The van der Waals surface area contributed by atoms with Gasteiger partial charge in [-0.15, -0.1) is 0 Å². The van der Waals surface area contributed by atoms with Gasteiger partial charge < -0.3 is 9.79 Å². The summed E-state index contributed by atoms with van der Waals surface area (Å²) in [5.74, 6) is -0.889. The van der Waals surface area contributed by atoms with Gasteiger partial charge >= 0.3 is 7.60 Å². The fraction of sp³-hybridized carbons (Fsp3) is 0.455. The van der Waals surface area contributed by atoms with Crippen molar-refractivity contribution in [2.75, 3.05) is 6.54 Å². The first-order chi connectivity index (χ1) is 7.55. The Morgan fingerprint density at radius 3 is 2.44 bits per heavy atom. The van der Waals surface area contributed by atoms with E-state index in [2.05, 4.69) is 5.32 Å². The van der Waals surface area contributed by atoms with E-state index in [9.17, 15) is 14.4 Å². The van der Waals surface area contributed by atoms with E-state index in [0.717, 1.165) is 12.8 Å². The van der Waals surface area contributed by atoms with E-state index in [1.54, 1.807) is 24.3 Å². The maximum Gasteiger partial charge on any atom is 0.346 e. The smallest absolute Gasteiger partial charge is 0.323 e. The standard InChI is InChI=1S/C11H18NO3P/c1-2-3-9-12-11(16(13,14)15)10-7-5-4-6-8-10/h4-8,11-12H,2-3,9H2,1H3,(H2,13,14,15). The maximum absolute atomic E-state index is 11.4. The molecular formula is C11H18NO3P. The van der Waals surface area contributed by atoms with Crippen molar-refractivity contribution < 1.29 is 14.4 Å². The van der Waals surface area contributed by atoms with Crippen LogP contribution in [0, 0.1) is 0 Å². The van der Waals surface area contributed by atoms with Gasteiger partial charge in [-0.3, -0.25) is 9.88 Å². The lowest BCUT2D eigenvalue weighted by atomic mass is 10.2. The minimum Gasteiger partial charge on any atom is -0.323 e. The number of hydrogen-bond acceptors (Lipinski definition) is 2. The van der Waals surface area contributed by atoms with Crippen LogP contribution in [0.15, 0.2) is 30.3 Å². The van der Waals surface area contributed by atoms with E-state index in [4.69, 9.17) is 0 Å². The van der Waals surface area contributed by atoms with Crippen LogP contribution in [0.1, 0.15) is 31.1 Å². The highest BCUT2D eigenvalue weighted by atomic mass is 31.2. The Bertz CT molecular complexity index is 350. The van der Waals surface area contributed by atoms with Crippen LogP contribution in [-0.2, 0) is 4.57 Å². The van der Waals surface area contributed by atoms with Crippen LogP contribution < -0.4 is 5.32 Å². The third-order valence-electron chi connectivity index (χ3n) is 2.32. The number of rotatable bonds is 6. The van der Waals surface area contributed by atoms with Gasteiger partial charge in [-0.2, -0.15) is 0 Å². The molecule has 4 nitrogen and oxygen atoms in total. The zero-order chi connectivity index (χ0) is 12.0. The van der Waals surface area contributed by atoms with Gasteiger partial charge in [0.1, 0.15) is 5.78 Å². The first kappa shape index (κ1) is 13.4. The molecule has 0 aliphatic rings. The second-order valence-corrected chi connectivity index (χ2v) is 5.40. The van der Waals surface area contributed by atoms with Crippen LogP contribution in [0.4, 0.5) is 0 Å². The number of nitrogens with one attached hydrogen (secondary N) is 1. The molecular weight excluding hydrogens is 225 g/mol. The highest BCUT2D eigenvalue weighted by Gasteiger charge is 2.29. The zero-order valence-electron chi connectivity index (χ0n) is 9.34. The number of benzene rings is 1. The van der Waals surface area contributed by atoms with Gasteiger partial charge in [0.05, 0.1) is 0 Å². The highest BCUT2D eigenvalue weighted by molar-refractivity contribution is 7.52. The van der Waals surface area contributed by atoms with Crippen molar-refractivity contribution in [2.45, 2.75) is 25.5 Å². The summed E-state index contributed by atoms with van der Waals surface area (Å²) in [6.45, 7) is 2.65. The summed E-state index contributed by atoms with van der Waals surface area (Å²) in [7, 11) is -4.15. The Morgan fingerprint density at radius 2 is 1.94 bits per heavy atom. The normalized spacial score (nSPS) is 13.7. The summed E-state index contributed by atoms with van der Waals surface area (Å²) < 4.78 is 11.4. The van der Waals surface area contributed by atoms with E-state index in [-0.39, 0.29) is 0 Å². The summed E-state index contributed by atoms with van der Waals surface area (Å²) in [6, 6.07) is 8.83. The summed E-state index contributed by atoms with van der Waals surface area (Å²) >= 11 is 0. The van der Waals surface area contributed by atoms with Crippen molar-refractivity contribution in [1.29, 1.82) is 0 Å². The van der Waals surface area contributed by atoms with Crippen molar-refractivity contribution in [3.8, 4) is 0 Å². The summed E-state index contributed by atoms with van der Waals surface area (Å²) in [5.41, 5.74) is 0.631. The van der Waals surface area contributed by atoms with Crippen molar-refractivity contribution in [1.82, 2.24) is 5.32 Å². The van der Waals surface area contributed by atoms with Gasteiger partial charge in [-0.25, -0.2) is 0 Å². The largest absolute Gasteiger partial charge is 0.346 e.